The van der Waals surface area contributed by atoms with Crippen molar-refractivity contribution in [3.8, 4) is 0 Å². The van der Waals surface area contributed by atoms with E-state index in [1.165, 1.54) is 41.2 Å². The molecule has 3 aromatic rings. The van der Waals surface area contributed by atoms with Gasteiger partial charge in [0.05, 0.1) is 28.6 Å². The fraction of sp³-hybridized carbons (Fsp3) is 0.176. The number of hydrogen-bond acceptors (Lipinski definition) is 4. The second-order valence-corrected chi connectivity index (χ2v) is 6.32. The van der Waals surface area contributed by atoms with Gasteiger partial charge >= 0.3 is 12.1 Å². The summed E-state index contributed by atoms with van der Waals surface area (Å²) in [6.45, 7) is -0.323. The molecule has 0 aliphatic rings. The number of thiophene rings is 1. The van der Waals surface area contributed by atoms with Crippen molar-refractivity contribution in [3.63, 3.8) is 0 Å². The van der Waals surface area contributed by atoms with E-state index in [-0.39, 0.29) is 17.9 Å². The molecule has 0 bridgehead atoms. The minimum Gasteiger partial charge on any atom is -0.464 e. The third-order valence-electron chi connectivity index (χ3n) is 3.73. The summed E-state index contributed by atoms with van der Waals surface area (Å²) in [5.41, 5.74) is -0.476. The average molecular weight is 382 g/mol. The van der Waals surface area contributed by atoms with Gasteiger partial charge in [-0.15, -0.1) is 11.3 Å². The molecule has 0 saturated heterocycles. The van der Waals surface area contributed by atoms with Gasteiger partial charge in [0.1, 0.15) is 12.2 Å². The van der Waals surface area contributed by atoms with E-state index in [1.807, 2.05) is 0 Å². The molecule has 0 aliphatic heterocycles. The van der Waals surface area contributed by atoms with Crippen molar-refractivity contribution in [2.24, 2.45) is 0 Å². The fourth-order valence-corrected chi connectivity index (χ4v) is 3.42. The number of hydrogen-bond donors (Lipinski definition) is 1. The highest BCUT2D eigenvalue weighted by molar-refractivity contribution is 7.17. The number of ether oxygens (including phenoxy) is 1. The molecule has 3 rings (SSSR count). The number of aromatic nitrogens is 1. The normalized spacial score (nSPS) is 11.5. The summed E-state index contributed by atoms with van der Waals surface area (Å²) >= 11 is 1.38. The summed E-state index contributed by atoms with van der Waals surface area (Å²) in [5, 5.41) is 4.06. The lowest BCUT2D eigenvalue weighted by atomic mass is 10.1. The van der Waals surface area contributed by atoms with Crippen LogP contribution in [-0.4, -0.2) is 23.6 Å². The van der Waals surface area contributed by atoms with Crippen molar-refractivity contribution in [2.75, 3.05) is 12.4 Å². The average Bonchev–Trinajstić information content (AvgIpc) is 3.16. The summed E-state index contributed by atoms with van der Waals surface area (Å²) in [6.07, 6.45) is -4.59. The highest BCUT2D eigenvalue weighted by Gasteiger charge is 2.33. The van der Waals surface area contributed by atoms with Gasteiger partial charge in [-0.3, -0.25) is 4.79 Å². The van der Waals surface area contributed by atoms with Gasteiger partial charge in [-0.25, -0.2) is 4.79 Å². The molecule has 2 aromatic heterocycles. The number of esters is 1. The maximum absolute atomic E-state index is 13.0. The van der Waals surface area contributed by atoms with Crippen LogP contribution < -0.4 is 5.32 Å². The Kier molecular flexibility index (Phi) is 4.73. The predicted molar refractivity (Wildman–Crippen MR) is 91.2 cm³/mol. The van der Waals surface area contributed by atoms with Crippen molar-refractivity contribution >= 4 is 39.1 Å². The lowest BCUT2D eigenvalue weighted by molar-refractivity contribution is -0.137. The number of amides is 1. The zero-order valence-corrected chi connectivity index (χ0v) is 14.3. The Bertz CT molecular complexity index is 975. The van der Waals surface area contributed by atoms with Crippen molar-refractivity contribution in [2.45, 2.75) is 12.7 Å². The second kappa shape index (κ2) is 6.83. The number of methoxy groups -OCH3 is 1. The molecule has 136 valence electrons. The molecule has 1 amide bonds. The van der Waals surface area contributed by atoms with E-state index >= 15 is 0 Å². The Labute approximate surface area is 150 Å². The maximum Gasteiger partial charge on any atom is 0.418 e. The zero-order chi connectivity index (χ0) is 18.9. The minimum absolute atomic E-state index is 0.161. The molecule has 5 nitrogen and oxygen atoms in total. The van der Waals surface area contributed by atoms with Gasteiger partial charge in [0.15, 0.2) is 0 Å². The van der Waals surface area contributed by atoms with E-state index in [0.29, 0.717) is 5.52 Å². The molecule has 2 heterocycles. The lowest BCUT2D eigenvalue weighted by Gasteiger charge is -2.14. The third kappa shape index (κ3) is 3.43. The Balaban J connectivity index is 1.89. The first kappa shape index (κ1) is 18.0. The Hall–Kier alpha value is -2.81. The van der Waals surface area contributed by atoms with Gasteiger partial charge in [0, 0.05) is 0 Å². The topological polar surface area (TPSA) is 60.3 Å². The summed E-state index contributed by atoms with van der Waals surface area (Å²) in [5.74, 6) is -1.31. The highest BCUT2D eigenvalue weighted by atomic mass is 32.1. The molecule has 0 radical (unpaired) electrons. The summed E-state index contributed by atoms with van der Waals surface area (Å²) in [4.78, 5) is 24.2. The third-order valence-corrected chi connectivity index (χ3v) is 4.58. The molecule has 9 heteroatoms. The van der Waals surface area contributed by atoms with Gasteiger partial charge in [0.2, 0.25) is 5.91 Å². The minimum atomic E-state index is -4.59. The molecule has 0 aliphatic carbocycles. The van der Waals surface area contributed by atoms with Crippen LogP contribution >= 0.6 is 11.3 Å². The van der Waals surface area contributed by atoms with Crippen LogP contribution in [-0.2, 0) is 22.3 Å². The molecular formula is C17H13F3N2O3S. The number of carbonyl (C=O) groups is 2. The smallest absolute Gasteiger partial charge is 0.418 e. The van der Waals surface area contributed by atoms with E-state index < -0.39 is 23.6 Å². The number of anilines is 1. The molecule has 0 fully saturated rings. The van der Waals surface area contributed by atoms with Gasteiger partial charge in [-0.1, -0.05) is 12.1 Å². The van der Waals surface area contributed by atoms with Crippen molar-refractivity contribution in [1.82, 2.24) is 4.57 Å². The number of nitrogens with one attached hydrogen (secondary N) is 1. The van der Waals surface area contributed by atoms with Crippen LogP contribution in [0.3, 0.4) is 0 Å². The molecule has 0 saturated carbocycles. The highest BCUT2D eigenvalue weighted by Crippen LogP contribution is 2.34. The SMILES string of the molecule is COC(=O)c1cc2sccc2n1CC(=O)Nc1ccccc1C(F)(F)F. The molecule has 0 spiro atoms. The summed E-state index contributed by atoms with van der Waals surface area (Å²) in [7, 11) is 1.22. The standard InChI is InChI=1S/C17H13F3N2O3S/c1-25-16(24)13-8-14-12(6-7-26-14)22(13)9-15(23)21-11-5-3-2-4-10(11)17(18,19)20/h2-8H,9H2,1H3,(H,21,23). The number of halogens is 3. The van der Waals surface area contributed by atoms with E-state index in [2.05, 4.69) is 5.32 Å². The lowest BCUT2D eigenvalue weighted by Crippen LogP contribution is -2.23. The van der Waals surface area contributed by atoms with Gasteiger partial charge in [-0.2, -0.15) is 13.2 Å². The van der Waals surface area contributed by atoms with Gasteiger partial charge in [0.25, 0.3) is 0 Å². The Morgan fingerprint density at radius 1 is 1.23 bits per heavy atom. The number of nitrogens with zero attached hydrogens (tertiary/aromatic N) is 1. The largest absolute Gasteiger partial charge is 0.464 e. The van der Waals surface area contributed by atoms with E-state index in [4.69, 9.17) is 4.74 Å². The zero-order valence-electron chi connectivity index (χ0n) is 13.5. The van der Waals surface area contributed by atoms with Gasteiger partial charge in [-0.05, 0) is 29.6 Å². The van der Waals surface area contributed by atoms with Crippen LogP contribution in [0.15, 0.2) is 41.8 Å². The quantitative estimate of drug-likeness (QED) is 0.690. The first-order valence-corrected chi connectivity index (χ1v) is 8.30. The van der Waals surface area contributed by atoms with Crippen LogP contribution in [0.4, 0.5) is 18.9 Å². The number of rotatable bonds is 4. The van der Waals surface area contributed by atoms with E-state index in [1.54, 1.807) is 17.5 Å². The second-order valence-electron chi connectivity index (χ2n) is 5.37. The van der Waals surface area contributed by atoms with E-state index in [0.717, 1.165) is 10.8 Å². The first-order valence-electron chi connectivity index (χ1n) is 7.42. The van der Waals surface area contributed by atoms with Crippen LogP contribution in [0.2, 0.25) is 0 Å². The van der Waals surface area contributed by atoms with Crippen LogP contribution in [0, 0.1) is 0 Å². The van der Waals surface area contributed by atoms with Crippen molar-refractivity contribution in [3.05, 3.63) is 53.0 Å². The van der Waals surface area contributed by atoms with E-state index in [9.17, 15) is 22.8 Å². The molecule has 0 atom stereocenters. The molecule has 1 N–H and O–H groups in total. The molecular weight excluding hydrogens is 369 g/mol. The summed E-state index contributed by atoms with van der Waals surface area (Å²) in [6, 6.07) is 8.03. The number of carbonyl (C=O) groups excluding carboxylic acids is 2. The van der Waals surface area contributed by atoms with Crippen LogP contribution in [0.5, 0.6) is 0 Å². The van der Waals surface area contributed by atoms with Crippen LogP contribution in [0.25, 0.3) is 10.2 Å². The Morgan fingerprint density at radius 2 is 1.96 bits per heavy atom. The van der Waals surface area contributed by atoms with Crippen LogP contribution in [0.1, 0.15) is 16.1 Å². The fourth-order valence-electron chi connectivity index (χ4n) is 2.59. The monoisotopic (exact) mass is 382 g/mol. The number of benzene rings is 1. The van der Waals surface area contributed by atoms with Crippen molar-refractivity contribution < 1.29 is 27.5 Å². The summed E-state index contributed by atoms with van der Waals surface area (Å²) < 4.78 is 46.0. The van der Waals surface area contributed by atoms with Gasteiger partial charge < -0.3 is 14.6 Å². The Morgan fingerprint density at radius 3 is 2.65 bits per heavy atom. The number of fused-ring (bicyclic) bond motifs is 1. The predicted octanol–water partition coefficient (Wildman–Crippen LogP) is 4.15. The van der Waals surface area contributed by atoms with Crippen molar-refractivity contribution in [1.29, 1.82) is 0 Å². The number of para-hydroxylation sites is 1. The molecule has 1 aromatic carbocycles. The first-order chi connectivity index (χ1) is 12.3. The number of alkyl halides is 3. The maximum atomic E-state index is 13.0. The molecule has 26 heavy (non-hydrogen) atoms. The molecule has 0 unspecified atom stereocenters.